The molecule has 1 aliphatic heterocycles. The average Bonchev–Trinajstić information content (AvgIpc) is 3.62. The van der Waals surface area contributed by atoms with Gasteiger partial charge in [-0.25, -0.2) is 4.39 Å². The van der Waals surface area contributed by atoms with Gasteiger partial charge in [-0.2, -0.15) is 0 Å². The smallest absolute Gasteiger partial charge is 0.254 e. The van der Waals surface area contributed by atoms with Gasteiger partial charge >= 0.3 is 0 Å². The molecular weight excluding hydrogens is 415 g/mol. The van der Waals surface area contributed by atoms with E-state index in [2.05, 4.69) is 4.99 Å². The van der Waals surface area contributed by atoms with Crippen LogP contribution in [0.5, 0.6) is 0 Å². The van der Waals surface area contributed by atoms with Crippen molar-refractivity contribution in [1.29, 1.82) is 0 Å². The van der Waals surface area contributed by atoms with E-state index in [1.807, 2.05) is 42.2 Å². The first-order chi connectivity index (χ1) is 16.0. The largest absolute Gasteiger partial charge is 0.404 e. The van der Waals surface area contributed by atoms with E-state index in [0.29, 0.717) is 23.7 Å². The highest BCUT2D eigenvalue weighted by Crippen LogP contribution is 2.37. The second-order valence-corrected chi connectivity index (χ2v) is 8.57. The van der Waals surface area contributed by atoms with Crippen LogP contribution in [0.15, 0.2) is 65.8 Å². The summed E-state index contributed by atoms with van der Waals surface area (Å²) >= 11 is 0. The van der Waals surface area contributed by atoms with Crippen LogP contribution in [0.4, 0.5) is 4.39 Å². The molecule has 2 N–H and O–H groups in total. The Bertz CT molecular complexity index is 1290. The topological polar surface area (TPSA) is 71.6 Å². The first-order valence-corrected chi connectivity index (χ1v) is 11.1. The maximum Gasteiger partial charge on any atom is 0.254 e. The molecule has 0 spiro atoms. The Labute approximate surface area is 192 Å². The van der Waals surface area contributed by atoms with Crippen molar-refractivity contribution >= 4 is 17.7 Å². The molecule has 2 aliphatic rings. The molecule has 0 radical (unpaired) electrons. The molecule has 1 aromatic heterocycles. The lowest BCUT2D eigenvalue weighted by Gasteiger charge is -2.13. The molecule has 1 amide bonds. The van der Waals surface area contributed by atoms with Crippen molar-refractivity contribution in [3.05, 3.63) is 94.6 Å². The van der Waals surface area contributed by atoms with Crippen molar-refractivity contribution in [2.24, 2.45) is 10.7 Å². The predicted octanol–water partition coefficient (Wildman–Crippen LogP) is 4.88. The second-order valence-electron chi connectivity index (χ2n) is 8.57. The number of fused-ring (bicyclic) bond motifs is 1. The number of aliphatic imine (C=N–C) groups is 1. The van der Waals surface area contributed by atoms with Crippen LogP contribution >= 0.6 is 0 Å². The molecule has 6 heteroatoms. The molecule has 0 unspecified atom stereocenters. The van der Waals surface area contributed by atoms with Gasteiger partial charge in [-0.1, -0.05) is 36.4 Å². The van der Waals surface area contributed by atoms with Gasteiger partial charge in [0, 0.05) is 58.5 Å². The summed E-state index contributed by atoms with van der Waals surface area (Å²) in [6.07, 6.45) is 5.31. The average molecular weight is 441 g/mol. The summed E-state index contributed by atoms with van der Waals surface area (Å²) in [4.78, 5) is 24.1. The van der Waals surface area contributed by atoms with E-state index in [1.165, 1.54) is 12.3 Å². The molecule has 33 heavy (non-hydrogen) atoms. The monoisotopic (exact) mass is 440 g/mol. The summed E-state index contributed by atoms with van der Waals surface area (Å²) in [6, 6.07) is 16.8. The van der Waals surface area contributed by atoms with Crippen LogP contribution < -0.4 is 5.73 Å². The molecule has 1 saturated carbocycles. The highest BCUT2D eigenvalue weighted by molar-refractivity contribution is 6.12. The Morgan fingerprint density at radius 2 is 2.03 bits per heavy atom. The van der Waals surface area contributed by atoms with Gasteiger partial charge < -0.3 is 10.6 Å². The Hall–Kier alpha value is -3.80. The molecule has 1 aliphatic carbocycles. The summed E-state index contributed by atoms with van der Waals surface area (Å²) in [7, 11) is 0. The third kappa shape index (κ3) is 4.16. The number of halogens is 1. The Morgan fingerprint density at radius 1 is 1.21 bits per heavy atom. The number of carbonyl (C=O) groups excluding carboxylic acids is 1. The molecule has 0 atom stereocenters. The number of hydrogen-bond donors (Lipinski definition) is 1. The predicted molar refractivity (Wildman–Crippen MR) is 128 cm³/mol. The maximum absolute atomic E-state index is 13.9. The maximum atomic E-state index is 13.9. The van der Waals surface area contributed by atoms with Crippen LogP contribution in [0.3, 0.4) is 0 Å². The Balaban J connectivity index is 1.47. The van der Waals surface area contributed by atoms with Crippen molar-refractivity contribution in [3.63, 3.8) is 0 Å². The molecule has 1 fully saturated rings. The molecule has 2 aromatic carbocycles. The van der Waals surface area contributed by atoms with Gasteiger partial charge in [0.1, 0.15) is 5.82 Å². The second kappa shape index (κ2) is 8.62. The summed E-state index contributed by atoms with van der Waals surface area (Å²) in [5, 5.41) is 0. The van der Waals surface area contributed by atoms with Gasteiger partial charge in [-0.3, -0.25) is 14.8 Å². The number of nitrogens with zero attached hydrogens (tertiary/aromatic N) is 3. The summed E-state index contributed by atoms with van der Waals surface area (Å²) in [5.41, 5.74) is 12.2. The molecule has 5 nitrogen and oxygen atoms in total. The first-order valence-electron chi connectivity index (χ1n) is 11.1. The zero-order valence-corrected chi connectivity index (χ0v) is 18.5. The minimum absolute atomic E-state index is 0.101. The number of nitrogens with two attached hydrogens (primary N) is 1. The number of benzene rings is 2. The quantitative estimate of drug-likeness (QED) is 0.555. The molecule has 5 rings (SSSR count). The lowest BCUT2D eigenvalue weighted by Crippen LogP contribution is -2.25. The van der Waals surface area contributed by atoms with Gasteiger partial charge in [0.15, 0.2) is 0 Å². The van der Waals surface area contributed by atoms with Crippen molar-refractivity contribution in [3.8, 4) is 11.3 Å². The number of aryl methyl sites for hydroxylation is 1. The van der Waals surface area contributed by atoms with Crippen molar-refractivity contribution in [2.75, 3.05) is 0 Å². The number of allylic oxidation sites excluding steroid dienone is 1. The number of amides is 1. The first kappa shape index (κ1) is 21.1. The highest BCUT2D eigenvalue weighted by atomic mass is 19.1. The normalized spacial score (nSPS) is 16.0. The third-order valence-electron chi connectivity index (χ3n) is 6.18. The standard InChI is InChI=1S/C27H25FN4O/c1-17-6-11-23(21(13-29)15-30-14-19-4-2-3-5-25(19)28)26(31-17)18-7-8-20-16-32(22-9-10-22)27(33)24(20)12-18/h2-8,11-13,15,22H,9-10,14,16,29H2,1H3. The number of carbonyl (C=O) groups is 1. The fourth-order valence-corrected chi connectivity index (χ4v) is 4.23. The summed E-state index contributed by atoms with van der Waals surface area (Å²) in [6.45, 7) is 2.82. The SMILES string of the molecule is Cc1ccc(C(C=NCc2ccccc2F)=CN)c(-c2ccc3c(c2)C(=O)N(C2CC2)C3)n1. The number of aromatic nitrogens is 1. The number of hydrogen-bond acceptors (Lipinski definition) is 4. The lowest BCUT2D eigenvalue weighted by molar-refractivity contribution is 0.0766. The number of pyridine rings is 1. The van der Waals surface area contributed by atoms with E-state index >= 15 is 0 Å². The lowest BCUT2D eigenvalue weighted by atomic mass is 9.97. The Morgan fingerprint density at radius 3 is 2.79 bits per heavy atom. The zero-order valence-electron chi connectivity index (χ0n) is 18.5. The van der Waals surface area contributed by atoms with Gasteiger partial charge in [0.05, 0.1) is 12.2 Å². The van der Waals surface area contributed by atoms with E-state index in [4.69, 9.17) is 10.7 Å². The molecule has 166 valence electrons. The van der Waals surface area contributed by atoms with Crippen molar-refractivity contribution in [1.82, 2.24) is 9.88 Å². The van der Waals surface area contributed by atoms with Gasteiger partial charge in [-0.15, -0.1) is 0 Å². The summed E-state index contributed by atoms with van der Waals surface area (Å²) < 4.78 is 13.9. The van der Waals surface area contributed by atoms with E-state index in [9.17, 15) is 9.18 Å². The van der Waals surface area contributed by atoms with Crippen molar-refractivity contribution in [2.45, 2.75) is 38.9 Å². The summed E-state index contributed by atoms with van der Waals surface area (Å²) in [5.74, 6) is -0.182. The zero-order chi connectivity index (χ0) is 22.9. The third-order valence-corrected chi connectivity index (χ3v) is 6.18. The van der Waals surface area contributed by atoms with Crippen LogP contribution in [0.1, 0.15) is 45.6 Å². The van der Waals surface area contributed by atoms with Gasteiger partial charge in [0.25, 0.3) is 5.91 Å². The molecule has 3 aromatic rings. The highest BCUT2D eigenvalue weighted by Gasteiger charge is 2.38. The van der Waals surface area contributed by atoms with Crippen LogP contribution in [0.25, 0.3) is 16.8 Å². The van der Waals surface area contributed by atoms with E-state index in [-0.39, 0.29) is 18.3 Å². The van der Waals surface area contributed by atoms with Crippen molar-refractivity contribution < 1.29 is 9.18 Å². The van der Waals surface area contributed by atoms with E-state index < -0.39 is 0 Å². The van der Waals surface area contributed by atoms with Crippen LogP contribution in [0, 0.1) is 12.7 Å². The van der Waals surface area contributed by atoms with Gasteiger partial charge in [-0.05, 0) is 43.5 Å². The van der Waals surface area contributed by atoms with E-state index in [0.717, 1.165) is 46.5 Å². The minimum atomic E-state index is -0.284. The fourth-order valence-electron chi connectivity index (χ4n) is 4.23. The molecular formula is C27H25FN4O. The minimum Gasteiger partial charge on any atom is -0.404 e. The Kier molecular flexibility index (Phi) is 5.50. The van der Waals surface area contributed by atoms with Crippen LogP contribution in [-0.4, -0.2) is 28.0 Å². The number of rotatable bonds is 6. The van der Waals surface area contributed by atoms with Crippen LogP contribution in [-0.2, 0) is 13.1 Å². The molecule has 0 bridgehead atoms. The van der Waals surface area contributed by atoms with Gasteiger partial charge in [0.2, 0.25) is 0 Å². The molecule has 0 saturated heterocycles. The molecule has 2 heterocycles. The van der Waals surface area contributed by atoms with Crippen LogP contribution in [0.2, 0.25) is 0 Å². The fraction of sp³-hybridized carbons (Fsp3) is 0.222. The van der Waals surface area contributed by atoms with E-state index in [1.54, 1.807) is 24.4 Å².